The van der Waals surface area contributed by atoms with Crippen LogP contribution in [0.3, 0.4) is 0 Å². The number of hydrogen-bond donors (Lipinski definition) is 1. The lowest BCUT2D eigenvalue weighted by molar-refractivity contribution is -0.137. The largest absolute Gasteiger partial charge is 0.480 e. The van der Waals surface area contributed by atoms with Crippen molar-refractivity contribution in [1.29, 1.82) is 0 Å². The van der Waals surface area contributed by atoms with Crippen molar-refractivity contribution in [1.82, 2.24) is 0 Å². The molecule has 1 heterocycles. The standard InChI is InChI=1S/C8H9NO3/c1-6(8(10)11)9-5-7-3-2-4-12-7/h2-6H,1H3,(H,10,11)/t6-/m0/s1. The Morgan fingerprint density at radius 1 is 1.83 bits per heavy atom. The predicted molar refractivity (Wildman–Crippen MR) is 43.4 cm³/mol. The minimum atomic E-state index is -0.946. The quantitative estimate of drug-likeness (QED) is 0.687. The lowest BCUT2D eigenvalue weighted by Crippen LogP contribution is -2.12. The van der Waals surface area contributed by atoms with Gasteiger partial charge in [-0.3, -0.25) is 4.99 Å². The first kappa shape index (κ1) is 8.52. The maximum atomic E-state index is 10.3. The number of hydrogen-bond acceptors (Lipinski definition) is 3. The molecule has 0 aromatic carbocycles. The molecule has 0 aliphatic rings. The molecule has 0 amide bonds. The van der Waals surface area contributed by atoms with E-state index in [1.807, 2.05) is 0 Å². The normalized spacial score (nSPS) is 13.4. The molecule has 0 spiro atoms. The summed E-state index contributed by atoms with van der Waals surface area (Å²) >= 11 is 0. The highest BCUT2D eigenvalue weighted by Crippen LogP contribution is 1.97. The molecule has 1 aromatic heterocycles. The SMILES string of the molecule is C[C@H](N=Cc1ccco1)C(=O)O. The number of nitrogens with zero attached hydrogens (tertiary/aromatic N) is 1. The van der Waals surface area contributed by atoms with E-state index in [9.17, 15) is 4.79 Å². The molecule has 12 heavy (non-hydrogen) atoms. The van der Waals surface area contributed by atoms with Crippen molar-refractivity contribution >= 4 is 12.2 Å². The van der Waals surface area contributed by atoms with Gasteiger partial charge in [0.15, 0.2) is 0 Å². The van der Waals surface area contributed by atoms with E-state index < -0.39 is 12.0 Å². The summed E-state index contributed by atoms with van der Waals surface area (Å²) < 4.78 is 4.92. The van der Waals surface area contributed by atoms with E-state index in [4.69, 9.17) is 9.52 Å². The van der Waals surface area contributed by atoms with Crippen LogP contribution in [-0.4, -0.2) is 23.3 Å². The summed E-state index contributed by atoms with van der Waals surface area (Å²) in [4.78, 5) is 14.1. The molecule has 0 saturated heterocycles. The Bertz CT molecular complexity index is 277. The van der Waals surface area contributed by atoms with E-state index in [-0.39, 0.29) is 0 Å². The molecule has 1 N–H and O–H groups in total. The highest BCUT2D eigenvalue weighted by Gasteiger charge is 2.06. The molecular formula is C8H9NO3. The topological polar surface area (TPSA) is 62.8 Å². The molecule has 0 aliphatic heterocycles. The first-order valence-electron chi connectivity index (χ1n) is 3.49. The number of carboxylic acid groups (broad SMARTS) is 1. The molecule has 1 aromatic rings. The van der Waals surface area contributed by atoms with Crippen molar-refractivity contribution in [2.24, 2.45) is 4.99 Å². The van der Waals surface area contributed by atoms with Crippen molar-refractivity contribution in [3.63, 3.8) is 0 Å². The third kappa shape index (κ3) is 2.23. The van der Waals surface area contributed by atoms with Crippen LogP contribution in [0.5, 0.6) is 0 Å². The summed E-state index contributed by atoms with van der Waals surface area (Å²) in [5.41, 5.74) is 0. The van der Waals surface area contributed by atoms with Gasteiger partial charge >= 0.3 is 5.97 Å². The van der Waals surface area contributed by atoms with Gasteiger partial charge in [0.05, 0.1) is 12.5 Å². The average Bonchev–Trinajstić information content (AvgIpc) is 2.51. The van der Waals surface area contributed by atoms with Crippen molar-refractivity contribution in [3.05, 3.63) is 24.2 Å². The van der Waals surface area contributed by atoms with Crippen molar-refractivity contribution < 1.29 is 14.3 Å². The molecule has 0 unspecified atom stereocenters. The third-order valence-corrected chi connectivity index (χ3v) is 1.33. The molecule has 64 valence electrons. The Hall–Kier alpha value is -1.58. The molecule has 0 saturated carbocycles. The van der Waals surface area contributed by atoms with Gasteiger partial charge in [0.1, 0.15) is 11.8 Å². The van der Waals surface area contributed by atoms with Crippen LogP contribution in [0.1, 0.15) is 12.7 Å². The van der Waals surface area contributed by atoms with Crippen LogP contribution in [0.25, 0.3) is 0 Å². The van der Waals surface area contributed by atoms with Crippen LogP contribution >= 0.6 is 0 Å². The van der Waals surface area contributed by atoms with Gasteiger partial charge in [-0.1, -0.05) is 0 Å². The average molecular weight is 167 g/mol. The molecule has 4 nitrogen and oxygen atoms in total. The minimum Gasteiger partial charge on any atom is -0.480 e. The number of aliphatic carboxylic acids is 1. The van der Waals surface area contributed by atoms with Gasteiger partial charge in [-0.25, -0.2) is 4.79 Å². The highest BCUT2D eigenvalue weighted by atomic mass is 16.4. The first-order chi connectivity index (χ1) is 5.70. The zero-order valence-corrected chi connectivity index (χ0v) is 6.60. The molecule has 0 fully saturated rings. The van der Waals surface area contributed by atoms with Gasteiger partial charge in [0.25, 0.3) is 0 Å². The summed E-state index contributed by atoms with van der Waals surface area (Å²) in [6, 6.07) is 2.69. The Morgan fingerprint density at radius 3 is 3.08 bits per heavy atom. The first-order valence-corrected chi connectivity index (χ1v) is 3.49. The van der Waals surface area contributed by atoms with Crippen LogP contribution in [0.4, 0.5) is 0 Å². The zero-order chi connectivity index (χ0) is 8.97. The van der Waals surface area contributed by atoms with E-state index in [1.165, 1.54) is 19.4 Å². The maximum absolute atomic E-state index is 10.3. The predicted octanol–water partition coefficient (Wildman–Crippen LogP) is 1.17. The molecule has 1 rings (SSSR count). The van der Waals surface area contributed by atoms with E-state index >= 15 is 0 Å². The van der Waals surface area contributed by atoms with E-state index in [2.05, 4.69) is 4.99 Å². The smallest absolute Gasteiger partial charge is 0.328 e. The Labute approximate surface area is 69.5 Å². The van der Waals surface area contributed by atoms with Gasteiger partial charge in [0, 0.05) is 0 Å². The fourth-order valence-corrected chi connectivity index (χ4v) is 0.614. The second-order valence-corrected chi connectivity index (χ2v) is 2.31. The number of rotatable bonds is 3. The van der Waals surface area contributed by atoms with Gasteiger partial charge < -0.3 is 9.52 Å². The highest BCUT2D eigenvalue weighted by molar-refractivity contribution is 5.80. The molecule has 4 heteroatoms. The van der Waals surface area contributed by atoms with Crippen molar-refractivity contribution in [2.45, 2.75) is 13.0 Å². The summed E-state index contributed by atoms with van der Waals surface area (Å²) in [7, 11) is 0. The fourth-order valence-electron chi connectivity index (χ4n) is 0.614. The van der Waals surface area contributed by atoms with E-state index in [1.54, 1.807) is 12.1 Å². The molecule has 0 radical (unpaired) electrons. The monoisotopic (exact) mass is 167 g/mol. The number of aliphatic imine (C=N–C) groups is 1. The minimum absolute atomic E-state index is 0.558. The molecule has 0 aliphatic carbocycles. The van der Waals surface area contributed by atoms with Gasteiger partial charge in [-0.05, 0) is 19.1 Å². The summed E-state index contributed by atoms with van der Waals surface area (Å²) in [5, 5.41) is 8.47. The van der Waals surface area contributed by atoms with Crippen LogP contribution in [0.2, 0.25) is 0 Å². The Balaban J connectivity index is 2.56. The van der Waals surface area contributed by atoms with Crippen LogP contribution in [0.15, 0.2) is 27.8 Å². The molecular weight excluding hydrogens is 158 g/mol. The summed E-state index contributed by atoms with van der Waals surface area (Å²) in [6.45, 7) is 1.50. The number of furan rings is 1. The number of carbonyl (C=O) groups is 1. The second-order valence-electron chi connectivity index (χ2n) is 2.31. The van der Waals surface area contributed by atoms with Gasteiger partial charge in [0.2, 0.25) is 0 Å². The lowest BCUT2D eigenvalue weighted by Gasteiger charge is -1.95. The Morgan fingerprint density at radius 2 is 2.58 bits per heavy atom. The zero-order valence-electron chi connectivity index (χ0n) is 6.60. The Kier molecular flexibility index (Phi) is 2.63. The van der Waals surface area contributed by atoms with Crippen molar-refractivity contribution in [3.8, 4) is 0 Å². The third-order valence-electron chi connectivity index (χ3n) is 1.33. The van der Waals surface area contributed by atoms with E-state index in [0.717, 1.165) is 0 Å². The van der Waals surface area contributed by atoms with Crippen molar-refractivity contribution in [2.75, 3.05) is 0 Å². The maximum Gasteiger partial charge on any atom is 0.328 e. The van der Waals surface area contributed by atoms with Gasteiger partial charge in [-0.2, -0.15) is 0 Å². The number of carboxylic acids is 1. The second kappa shape index (κ2) is 3.71. The van der Waals surface area contributed by atoms with Crippen LogP contribution < -0.4 is 0 Å². The van der Waals surface area contributed by atoms with Crippen LogP contribution in [-0.2, 0) is 4.79 Å². The van der Waals surface area contributed by atoms with Crippen LogP contribution in [0, 0.1) is 0 Å². The van der Waals surface area contributed by atoms with Gasteiger partial charge in [-0.15, -0.1) is 0 Å². The van der Waals surface area contributed by atoms with E-state index in [0.29, 0.717) is 5.76 Å². The molecule has 0 bridgehead atoms. The lowest BCUT2D eigenvalue weighted by atomic mass is 10.3. The summed E-state index contributed by atoms with van der Waals surface area (Å²) in [6.07, 6.45) is 2.91. The fraction of sp³-hybridized carbons (Fsp3) is 0.250. The summed E-state index contributed by atoms with van der Waals surface area (Å²) in [5.74, 6) is -0.388. The molecule has 1 atom stereocenters.